The van der Waals surface area contributed by atoms with Crippen LogP contribution in [0.1, 0.15) is 67.2 Å². The number of aromatic carboxylic acids is 1. The predicted octanol–water partition coefficient (Wildman–Crippen LogP) is 5.62. The maximum atomic E-state index is 14.0. The third-order valence-electron chi connectivity index (χ3n) is 6.44. The van der Waals surface area contributed by atoms with E-state index in [9.17, 15) is 14.7 Å². The number of anilines is 2. The Hall–Kier alpha value is -3.47. The van der Waals surface area contributed by atoms with E-state index in [1.807, 2.05) is 31.2 Å². The number of hydrogen-bond donors (Lipinski definition) is 1. The molecule has 1 atom stereocenters. The zero-order valence-corrected chi connectivity index (χ0v) is 19.1. The molecular formula is C27H28N2O3. The normalized spacial score (nSPS) is 18.0. The average Bonchev–Trinajstić information content (AvgIpc) is 3.00. The number of hydrogen-bond acceptors (Lipinski definition) is 3. The van der Waals surface area contributed by atoms with Crippen LogP contribution in [0, 0.1) is 0 Å². The van der Waals surface area contributed by atoms with Crippen LogP contribution in [0.4, 0.5) is 11.4 Å². The van der Waals surface area contributed by atoms with E-state index >= 15 is 0 Å². The van der Waals surface area contributed by atoms with Gasteiger partial charge in [-0.1, -0.05) is 64.1 Å². The standard InChI is InChI=1S/C27H28N2O3/c1-6-17-7-12-23-22(13-17)27(5,20-10-8-19(9-11-20)26(2,3)4)25(32)29(23)21-14-18(24(30)31)15-28-16-21/h7-16H,6H2,1-5H3,(H,30,31). The van der Waals surface area contributed by atoms with E-state index in [-0.39, 0.29) is 16.9 Å². The van der Waals surface area contributed by atoms with Crippen molar-refractivity contribution in [3.63, 3.8) is 0 Å². The second-order valence-electron chi connectivity index (χ2n) is 9.53. The summed E-state index contributed by atoms with van der Waals surface area (Å²) in [5, 5.41) is 9.41. The average molecular weight is 429 g/mol. The van der Waals surface area contributed by atoms with Crippen LogP contribution in [0.3, 0.4) is 0 Å². The number of amides is 1. The third kappa shape index (κ3) is 3.38. The Balaban J connectivity index is 1.90. The highest BCUT2D eigenvalue weighted by molar-refractivity contribution is 6.15. The molecule has 0 spiro atoms. The van der Waals surface area contributed by atoms with Crippen LogP contribution < -0.4 is 4.90 Å². The number of carbonyl (C=O) groups excluding carboxylic acids is 1. The van der Waals surface area contributed by atoms with Gasteiger partial charge in [0.25, 0.3) is 0 Å². The van der Waals surface area contributed by atoms with Crippen LogP contribution in [0.5, 0.6) is 0 Å². The number of aromatic nitrogens is 1. The second-order valence-corrected chi connectivity index (χ2v) is 9.53. The maximum Gasteiger partial charge on any atom is 0.337 e. The van der Waals surface area contributed by atoms with Gasteiger partial charge in [0.15, 0.2) is 0 Å². The van der Waals surface area contributed by atoms with E-state index in [1.165, 1.54) is 24.0 Å². The number of nitrogens with zero attached hydrogens (tertiary/aromatic N) is 2. The van der Waals surface area contributed by atoms with Crippen molar-refractivity contribution in [3.8, 4) is 0 Å². The van der Waals surface area contributed by atoms with Crippen molar-refractivity contribution in [1.82, 2.24) is 4.98 Å². The van der Waals surface area contributed by atoms with Gasteiger partial charge in [0.1, 0.15) is 0 Å². The molecule has 0 saturated carbocycles. The summed E-state index contributed by atoms with van der Waals surface area (Å²) in [5.41, 5.74) is 4.57. The number of carboxylic acids is 1. The molecule has 1 N–H and O–H groups in total. The quantitative estimate of drug-likeness (QED) is 0.585. The molecule has 164 valence electrons. The lowest BCUT2D eigenvalue weighted by Crippen LogP contribution is -2.37. The van der Waals surface area contributed by atoms with Crippen LogP contribution >= 0.6 is 0 Å². The van der Waals surface area contributed by atoms with E-state index in [2.05, 4.69) is 50.9 Å². The molecule has 5 heteroatoms. The zero-order valence-electron chi connectivity index (χ0n) is 19.1. The maximum absolute atomic E-state index is 14.0. The number of benzene rings is 2. The fourth-order valence-electron chi connectivity index (χ4n) is 4.35. The molecule has 0 bridgehead atoms. The van der Waals surface area contributed by atoms with Gasteiger partial charge >= 0.3 is 5.97 Å². The zero-order chi connectivity index (χ0) is 23.3. The van der Waals surface area contributed by atoms with Gasteiger partial charge in [0, 0.05) is 6.20 Å². The second kappa shape index (κ2) is 7.59. The SMILES string of the molecule is CCc1ccc2c(c1)C(C)(c1ccc(C(C)(C)C)cc1)C(=O)N2c1cncc(C(=O)O)c1. The van der Waals surface area contributed by atoms with Gasteiger partial charge in [0.05, 0.1) is 28.6 Å². The molecule has 0 fully saturated rings. The van der Waals surface area contributed by atoms with Crippen molar-refractivity contribution >= 4 is 23.3 Å². The minimum atomic E-state index is -1.08. The highest BCUT2D eigenvalue weighted by atomic mass is 16.4. The molecule has 1 aromatic heterocycles. The van der Waals surface area contributed by atoms with E-state index in [4.69, 9.17) is 0 Å². The minimum absolute atomic E-state index is 0.0153. The first-order valence-corrected chi connectivity index (χ1v) is 10.8. The van der Waals surface area contributed by atoms with Crippen molar-refractivity contribution in [2.75, 3.05) is 4.90 Å². The summed E-state index contributed by atoms with van der Waals surface area (Å²) in [5.74, 6) is -1.19. The van der Waals surface area contributed by atoms with Gasteiger partial charge in [0.2, 0.25) is 5.91 Å². The van der Waals surface area contributed by atoms with Gasteiger partial charge < -0.3 is 5.11 Å². The summed E-state index contributed by atoms with van der Waals surface area (Å²) >= 11 is 0. The molecule has 2 heterocycles. The van der Waals surface area contributed by atoms with Crippen molar-refractivity contribution in [3.05, 3.63) is 88.7 Å². The number of aryl methyl sites for hydroxylation is 1. The Kier molecular flexibility index (Phi) is 5.16. The molecule has 4 rings (SSSR count). The van der Waals surface area contributed by atoms with Gasteiger partial charge in [-0.05, 0) is 53.1 Å². The fourth-order valence-corrected chi connectivity index (χ4v) is 4.35. The summed E-state index contributed by atoms with van der Waals surface area (Å²) < 4.78 is 0. The highest BCUT2D eigenvalue weighted by Crippen LogP contribution is 2.49. The van der Waals surface area contributed by atoms with Gasteiger partial charge in [-0.3, -0.25) is 14.7 Å². The first-order chi connectivity index (χ1) is 15.1. The Labute approximate surface area is 188 Å². The number of carbonyl (C=O) groups is 2. The predicted molar refractivity (Wildman–Crippen MR) is 126 cm³/mol. The molecule has 1 aliphatic rings. The summed E-state index contributed by atoms with van der Waals surface area (Å²) in [6.45, 7) is 10.5. The van der Waals surface area contributed by atoms with Gasteiger partial charge in [-0.15, -0.1) is 0 Å². The molecule has 0 aliphatic carbocycles. The molecule has 0 radical (unpaired) electrons. The molecule has 3 aromatic rings. The third-order valence-corrected chi connectivity index (χ3v) is 6.44. The number of rotatable bonds is 4. The Morgan fingerprint density at radius 1 is 1.06 bits per heavy atom. The number of pyridine rings is 1. The lowest BCUT2D eigenvalue weighted by molar-refractivity contribution is -0.120. The molecule has 5 nitrogen and oxygen atoms in total. The first-order valence-electron chi connectivity index (χ1n) is 10.8. The number of carboxylic acid groups (broad SMARTS) is 1. The highest BCUT2D eigenvalue weighted by Gasteiger charge is 2.49. The monoisotopic (exact) mass is 428 g/mol. The van der Waals surface area contributed by atoms with E-state index < -0.39 is 11.4 Å². The topological polar surface area (TPSA) is 70.5 Å². The smallest absolute Gasteiger partial charge is 0.337 e. The van der Waals surface area contributed by atoms with E-state index in [0.717, 1.165) is 28.8 Å². The lowest BCUT2D eigenvalue weighted by atomic mass is 9.75. The molecule has 1 amide bonds. The number of fused-ring (bicyclic) bond motifs is 1. The van der Waals surface area contributed by atoms with Crippen molar-refractivity contribution in [2.24, 2.45) is 0 Å². The molecule has 1 aliphatic heterocycles. The van der Waals surface area contributed by atoms with Crippen LogP contribution in [-0.2, 0) is 22.0 Å². The summed E-state index contributed by atoms with van der Waals surface area (Å²) in [7, 11) is 0. The minimum Gasteiger partial charge on any atom is -0.478 e. The van der Waals surface area contributed by atoms with E-state index in [0.29, 0.717) is 5.69 Å². The summed E-state index contributed by atoms with van der Waals surface area (Å²) in [6.07, 6.45) is 3.69. The van der Waals surface area contributed by atoms with Crippen molar-refractivity contribution in [1.29, 1.82) is 0 Å². The van der Waals surface area contributed by atoms with Gasteiger partial charge in [-0.2, -0.15) is 0 Å². The fraction of sp³-hybridized carbons (Fsp3) is 0.296. The first kappa shape index (κ1) is 21.8. The van der Waals surface area contributed by atoms with Crippen molar-refractivity contribution in [2.45, 2.75) is 51.9 Å². The largest absolute Gasteiger partial charge is 0.478 e. The van der Waals surface area contributed by atoms with Crippen LogP contribution in [0.15, 0.2) is 60.9 Å². The lowest BCUT2D eigenvalue weighted by Gasteiger charge is -2.27. The van der Waals surface area contributed by atoms with Gasteiger partial charge in [-0.25, -0.2) is 4.79 Å². The van der Waals surface area contributed by atoms with Crippen LogP contribution in [0.2, 0.25) is 0 Å². The van der Waals surface area contributed by atoms with Crippen LogP contribution in [0.25, 0.3) is 0 Å². The Bertz CT molecular complexity index is 1210. The Morgan fingerprint density at radius 2 is 1.75 bits per heavy atom. The molecule has 32 heavy (non-hydrogen) atoms. The molecular weight excluding hydrogens is 400 g/mol. The molecule has 1 unspecified atom stereocenters. The van der Waals surface area contributed by atoms with Crippen LogP contribution in [-0.4, -0.2) is 22.0 Å². The summed E-state index contributed by atoms with van der Waals surface area (Å²) in [6, 6.07) is 15.8. The molecule has 0 saturated heterocycles. The summed E-state index contributed by atoms with van der Waals surface area (Å²) in [4.78, 5) is 31.2. The van der Waals surface area contributed by atoms with E-state index in [1.54, 1.807) is 4.90 Å². The Morgan fingerprint density at radius 3 is 2.34 bits per heavy atom. The molecule has 2 aromatic carbocycles. The van der Waals surface area contributed by atoms with Crippen molar-refractivity contribution < 1.29 is 14.7 Å².